The molecule has 90 valence electrons. The molecule has 0 aliphatic heterocycles. The first-order chi connectivity index (χ1) is 7.79. The van der Waals surface area contributed by atoms with Crippen molar-refractivity contribution in [1.82, 2.24) is 0 Å². The van der Waals surface area contributed by atoms with E-state index in [9.17, 15) is 4.79 Å². The first-order valence-corrected chi connectivity index (χ1v) is 7.03. The zero-order valence-corrected chi connectivity index (χ0v) is 10.5. The maximum atomic E-state index is 11.7. The highest BCUT2D eigenvalue weighted by molar-refractivity contribution is 5.95. The fourth-order valence-electron chi connectivity index (χ4n) is 3.21. The molecule has 0 N–H and O–H groups in total. The Morgan fingerprint density at radius 3 is 2.38 bits per heavy atom. The van der Waals surface area contributed by atoms with E-state index in [1.165, 1.54) is 63.4 Å². The van der Waals surface area contributed by atoms with E-state index >= 15 is 0 Å². The molecule has 1 saturated carbocycles. The predicted molar refractivity (Wildman–Crippen MR) is 67.3 cm³/mol. The zero-order chi connectivity index (χ0) is 11.4. The lowest BCUT2D eigenvalue weighted by Gasteiger charge is -2.18. The molecular formula is C15H24O. The van der Waals surface area contributed by atoms with Gasteiger partial charge in [-0.2, -0.15) is 0 Å². The molecule has 0 bridgehead atoms. The van der Waals surface area contributed by atoms with Crippen LogP contribution in [0.3, 0.4) is 0 Å². The lowest BCUT2D eigenvalue weighted by molar-refractivity contribution is -0.117. The largest absolute Gasteiger partial charge is 0.295 e. The first kappa shape index (κ1) is 11.9. The van der Waals surface area contributed by atoms with Crippen LogP contribution in [0.1, 0.15) is 64.7 Å². The summed E-state index contributed by atoms with van der Waals surface area (Å²) in [6.45, 7) is 2.12. The molecule has 1 heteroatoms. The second-order valence-electron chi connectivity index (χ2n) is 5.53. The third-order valence-corrected chi connectivity index (χ3v) is 4.34. The average Bonchev–Trinajstić information content (AvgIpc) is 2.52. The summed E-state index contributed by atoms with van der Waals surface area (Å²) in [6, 6.07) is 0. The Labute approximate surface area is 99.3 Å². The molecule has 0 aromatic carbocycles. The van der Waals surface area contributed by atoms with Gasteiger partial charge in [0.05, 0.1) is 0 Å². The summed E-state index contributed by atoms with van der Waals surface area (Å²) >= 11 is 0. The van der Waals surface area contributed by atoms with Gasteiger partial charge in [-0.1, -0.05) is 51.0 Å². The molecule has 0 spiro atoms. The van der Waals surface area contributed by atoms with Crippen molar-refractivity contribution >= 4 is 5.78 Å². The highest BCUT2D eigenvalue weighted by Gasteiger charge is 2.31. The molecule has 2 aliphatic carbocycles. The molecular weight excluding hydrogens is 196 g/mol. The fourth-order valence-corrected chi connectivity index (χ4v) is 3.21. The molecule has 2 atom stereocenters. The van der Waals surface area contributed by atoms with E-state index in [2.05, 4.69) is 6.92 Å². The summed E-state index contributed by atoms with van der Waals surface area (Å²) in [6.07, 6.45) is 13.9. The Bertz CT molecular complexity index is 277. The Balaban J connectivity index is 2.00. The highest BCUT2D eigenvalue weighted by Crippen LogP contribution is 2.36. The number of carbonyl (C=O) groups excluding carboxylic acids is 1. The minimum absolute atomic E-state index is 0.274. The van der Waals surface area contributed by atoms with E-state index in [-0.39, 0.29) is 5.92 Å². The van der Waals surface area contributed by atoms with Crippen molar-refractivity contribution in [2.24, 2.45) is 11.8 Å². The van der Waals surface area contributed by atoms with Crippen LogP contribution in [0.25, 0.3) is 0 Å². The summed E-state index contributed by atoms with van der Waals surface area (Å²) in [5, 5.41) is 0. The predicted octanol–water partition coefficient (Wildman–Crippen LogP) is 4.27. The highest BCUT2D eigenvalue weighted by atomic mass is 16.1. The van der Waals surface area contributed by atoms with Crippen molar-refractivity contribution in [3.05, 3.63) is 11.6 Å². The van der Waals surface area contributed by atoms with Gasteiger partial charge in [0, 0.05) is 5.92 Å². The van der Waals surface area contributed by atoms with Gasteiger partial charge in [0.1, 0.15) is 0 Å². The van der Waals surface area contributed by atoms with Crippen LogP contribution in [0.5, 0.6) is 0 Å². The van der Waals surface area contributed by atoms with Crippen molar-refractivity contribution in [3.8, 4) is 0 Å². The number of carbonyl (C=O) groups is 1. The summed E-state index contributed by atoms with van der Waals surface area (Å²) in [7, 11) is 0. The van der Waals surface area contributed by atoms with Crippen LogP contribution < -0.4 is 0 Å². The second kappa shape index (κ2) is 5.65. The van der Waals surface area contributed by atoms with Crippen molar-refractivity contribution in [1.29, 1.82) is 0 Å². The van der Waals surface area contributed by atoms with Gasteiger partial charge < -0.3 is 0 Å². The summed E-state index contributed by atoms with van der Waals surface area (Å²) in [4.78, 5) is 11.7. The lowest BCUT2D eigenvalue weighted by atomic mass is 9.86. The van der Waals surface area contributed by atoms with Crippen LogP contribution in [0.4, 0.5) is 0 Å². The van der Waals surface area contributed by atoms with Crippen LogP contribution in [-0.2, 0) is 4.79 Å². The molecule has 0 heterocycles. The van der Waals surface area contributed by atoms with Crippen LogP contribution >= 0.6 is 0 Å². The normalized spacial score (nSPS) is 32.8. The van der Waals surface area contributed by atoms with E-state index in [1.54, 1.807) is 0 Å². The minimum atomic E-state index is 0.274. The topological polar surface area (TPSA) is 17.1 Å². The van der Waals surface area contributed by atoms with Gasteiger partial charge in [0.2, 0.25) is 0 Å². The van der Waals surface area contributed by atoms with Crippen molar-refractivity contribution < 1.29 is 4.79 Å². The Kier molecular flexibility index (Phi) is 4.20. The fraction of sp³-hybridized carbons (Fsp3) is 0.800. The number of hydrogen-bond acceptors (Lipinski definition) is 1. The van der Waals surface area contributed by atoms with Crippen molar-refractivity contribution in [3.63, 3.8) is 0 Å². The van der Waals surface area contributed by atoms with Crippen LogP contribution in [0.15, 0.2) is 11.6 Å². The van der Waals surface area contributed by atoms with Gasteiger partial charge in [-0.3, -0.25) is 4.79 Å². The molecule has 1 nitrogen and oxygen atoms in total. The third-order valence-electron chi connectivity index (χ3n) is 4.34. The average molecular weight is 220 g/mol. The molecule has 1 fully saturated rings. The first-order valence-electron chi connectivity index (χ1n) is 7.03. The molecule has 0 saturated heterocycles. The van der Waals surface area contributed by atoms with E-state index in [0.29, 0.717) is 11.7 Å². The maximum Gasteiger partial charge on any atom is 0.159 e. The van der Waals surface area contributed by atoms with Gasteiger partial charge in [0.25, 0.3) is 0 Å². The molecule has 16 heavy (non-hydrogen) atoms. The number of allylic oxidation sites excluding steroid dienone is 2. The maximum absolute atomic E-state index is 11.7. The summed E-state index contributed by atoms with van der Waals surface area (Å²) < 4.78 is 0. The summed E-state index contributed by atoms with van der Waals surface area (Å²) in [5.41, 5.74) is 1.47. The van der Waals surface area contributed by atoms with Gasteiger partial charge in [-0.15, -0.1) is 0 Å². The molecule has 2 unspecified atom stereocenters. The van der Waals surface area contributed by atoms with Crippen LogP contribution in [0.2, 0.25) is 0 Å². The Hall–Kier alpha value is -0.590. The number of rotatable bonds is 0. The monoisotopic (exact) mass is 220 g/mol. The third kappa shape index (κ3) is 2.75. The zero-order valence-electron chi connectivity index (χ0n) is 10.5. The van der Waals surface area contributed by atoms with Gasteiger partial charge in [0.15, 0.2) is 5.78 Å². The Morgan fingerprint density at radius 2 is 1.62 bits per heavy atom. The number of fused-ring (bicyclic) bond motifs is 1. The number of hydrogen-bond donors (Lipinski definition) is 0. The van der Waals surface area contributed by atoms with Gasteiger partial charge in [-0.05, 0) is 31.3 Å². The van der Waals surface area contributed by atoms with Crippen molar-refractivity contribution in [2.45, 2.75) is 64.7 Å². The van der Waals surface area contributed by atoms with Crippen LogP contribution in [0, 0.1) is 11.8 Å². The SMILES string of the molecule is CC1C(=O)C=C2CCCCCCCCCC21. The smallest absolute Gasteiger partial charge is 0.159 e. The van der Waals surface area contributed by atoms with Gasteiger partial charge >= 0.3 is 0 Å². The van der Waals surface area contributed by atoms with E-state index in [0.717, 1.165) is 0 Å². The van der Waals surface area contributed by atoms with Crippen molar-refractivity contribution in [2.75, 3.05) is 0 Å². The van der Waals surface area contributed by atoms with Crippen LogP contribution in [-0.4, -0.2) is 5.78 Å². The number of ketones is 1. The molecule has 0 amide bonds. The van der Waals surface area contributed by atoms with E-state index in [4.69, 9.17) is 0 Å². The molecule has 0 radical (unpaired) electrons. The van der Waals surface area contributed by atoms with Gasteiger partial charge in [-0.25, -0.2) is 0 Å². The quantitative estimate of drug-likeness (QED) is 0.595. The molecule has 0 aromatic rings. The van der Waals surface area contributed by atoms with E-state index in [1.807, 2.05) is 6.08 Å². The second-order valence-corrected chi connectivity index (χ2v) is 5.53. The summed E-state index contributed by atoms with van der Waals surface area (Å²) in [5.74, 6) is 1.25. The molecule has 2 rings (SSSR count). The molecule has 0 aromatic heterocycles. The Morgan fingerprint density at radius 1 is 1.00 bits per heavy atom. The lowest BCUT2D eigenvalue weighted by Crippen LogP contribution is -2.13. The molecule has 2 aliphatic rings. The standard InChI is InChI=1S/C15H24O/c1-12-14-10-8-6-4-2-3-5-7-9-13(14)11-15(12)16/h11-12,14H,2-10H2,1H3. The van der Waals surface area contributed by atoms with E-state index < -0.39 is 0 Å². The minimum Gasteiger partial charge on any atom is -0.295 e.